The van der Waals surface area contributed by atoms with Crippen LogP contribution in [0.3, 0.4) is 0 Å². The van der Waals surface area contributed by atoms with Crippen molar-refractivity contribution >= 4 is 11.6 Å². The van der Waals surface area contributed by atoms with Crippen LogP contribution in [0.15, 0.2) is 18.2 Å². The van der Waals surface area contributed by atoms with Gasteiger partial charge in [-0.1, -0.05) is 23.7 Å². The summed E-state index contributed by atoms with van der Waals surface area (Å²) in [7, 11) is 0. The highest BCUT2D eigenvalue weighted by Crippen LogP contribution is 2.21. The van der Waals surface area contributed by atoms with E-state index in [9.17, 15) is 0 Å². The summed E-state index contributed by atoms with van der Waals surface area (Å²) >= 11 is 5.98. The van der Waals surface area contributed by atoms with E-state index in [1.54, 1.807) is 0 Å². The zero-order chi connectivity index (χ0) is 10.8. The molecule has 0 unspecified atom stereocenters. The van der Waals surface area contributed by atoms with Gasteiger partial charge >= 0.3 is 0 Å². The average molecular weight is 225 g/mol. The van der Waals surface area contributed by atoms with E-state index < -0.39 is 0 Å². The maximum absolute atomic E-state index is 5.98. The van der Waals surface area contributed by atoms with Crippen LogP contribution >= 0.6 is 11.6 Å². The van der Waals surface area contributed by atoms with Crippen LogP contribution in [-0.2, 0) is 6.54 Å². The second kappa shape index (κ2) is 4.52. The van der Waals surface area contributed by atoms with E-state index >= 15 is 0 Å². The molecular weight excluding hydrogens is 208 g/mol. The number of nitrogens with zero attached hydrogens (tertiary/aromatic N) is 1. The molecule has 82 valence electrons. The first-order valence-electron chi connectivity index (χ1n) is 5.36. The van der Waals surface area contributed by atoms with Crippen molar-refractivity contribution in [3.8, 4) is 0 Å². The van der Waals surface area contributed by atoms with Gasteiger partial charge < -0.3 is 5.73 Å². The van der Waals surface area contributed by atoms with Crippen LogP contribution in [0.1, 0.15) is 11.1 Å². The molecular formula is C12H17ClN2. The van der Waals surface area contributed by atoms with E-state index in [0.717, 1.165) is 36.8 Å². The lowest BCUT2D eigenvalue weighted by atomic mass is 9.99. The third-order valence-corrected chi connectivity index (χ3v) is 3.42. The summed E-state index contributed by atoms with van der Waals surface area (Å²) < 4.78 is 0. The minimum atomic E-state index is 0.707. The standard InChI is InChI=1S/C12H17ClN2/c1-9-4-10(2-3-12(9)13)6-15-7-11(5-14)8-15/h2-4,11H,5-8,14H2,1H3. The lowest BCUT2D eigenvalue weighted by Crippen LogP contribution is -2.49. The first-order valence-corrected chi connectivity index (χ1v) is 5.74. The van der Waals surface area contributed by atoms with Crippen molar-refractivity contribution in [2.75, 3.05) is 19.6 Å². The van der Waals surface area contributed by atoms with E-state index in [1.165, 1.54) is 5.56 Å². The molecule has 1 heterocycles. The Kier molecular flexibility index (Phi) is 3.29. The summed E-state index contributed by atoms with van der Waals surface area (Å²) in [5, 5.41) is 0.849. The molecule has 1 aliphatic heterocycles. The van der Waals surface area contributed by atoms with Gasteiger partial charge in [0, 0.05) is 24.7 Å². The highest BCUT2D eigenvalue weighted by Gasteiger charge is 2.24. The molecule has 1 fully saturated rings. The largest absolute Gasteiger partial charge is 0.330 e. The van der Waals surface area contributed by atoms with Crippen molar-refractivity contribution in [2.24, 2.45) is 11.7 Å². The number of halogens is 1. The summed E-state index contributed by atoms with van der Waals surface area (Å²) in [5.41, 5.74) is 8.09. The Balaban J connectivity index is 1.92. The number of benzene rings is 1. The highest BCUT2D eigenvalue weighted by atomic mass is 35.5. The van der Waals surface area contributed by atoms with Crippen molar-refractivity contribution in [2.45, 2.75) is 13.5 Å². The number of rotatable bonds is 3. The van der Waals surface area contributed by atoms with E-state index in [-0.39, 0.29) is 0 Å². The molecule has 15 heavy (non-hydrogen) atoms. The van der Waals surface area contributed by atoms with Gasteiger partial charge in [0.2, 0.25) is 0 Å². The topological polar surface area (TPSA) is 29.3 Å². The molecule has 0 aliphatic carbocycles. The van der Waals surface area contributed by atoms with Gasteiger partial charge in [0.1, 0.15) is 0 Å². The Bertz CT molecular complexity index is 345. The molecule has 1 saturated heterocycles. The Labute approximate surface area is 96.0 Å². The van der Waals surface area contributed by atoms with Gasteiger partial charge in [0.05, 0.1) is 0 Å². The number of likely N-dealkylation sites (tertiary alicyclic amines) is 1. The highest BCUT2D eigenvalue weighted by molar-refractivity contribution is 6.31. The lowest BCUT2D eigenvalue weighted by molar-refractivity contribution is 0.0979. The Hall–Kier alpha value is -0.570. The first-order chi connectivity index (χ1) is 7.19. The second-order valence-electron chi connectivity index (χ2n) is 4.38. The molecule has 0 spiro atoms. The summed E-state index contributed by atoms with van der Waals surface area (Å²) in [6.07, 6.45) is 0. The zero-order valence-electron chi connectivity index (χ0n) is 9.04. The van der Waals surface area contributed by atoms with Gasteiger partial charge in [-0.3, -0.25) is 4.90 Å². The molecule has 2 nitrogen and oxygen atoms in total. The van der Waals surface area contributed by atoms with Gasteiger partial charge in [0.15, 0.2) is 0 Å². The van der Waals surface area contributed by atoms with Crippen molar-refractivity contribution in [3.63, 3.8) is 0 Å². The Morgan fingerprint density at radius 2 is 2.20 bits per heavy atom. The smallest absolute Gasteiger partial charge is 0.0435 e. The van der Waals surface area contributed by atoms with Gasteiger partial charge in [-0.15, -0.1) is 0 Å². The van der Waals surface area contributed by atoms with Gasteiger partial charge in [-0.25, -0.2) is 0 Å². The SMILES string of the molecule is Cc1cc(CN2CC(CN)C2)ccc1Cl. The molecule has 3 heteroatoms. The third-order valence-electron chi connectivity index (χ3n) is 2.99. The lowest BCUT2D eigenvalue weighted by Gasteiger charge is -2.38. The van der Waals surface area contributed by atoms with Crippen molar-refractivity contribution in [3.05, 3.63) is 34.3 Å². The Morgan fingerprint density at radius 3 is 2.80 bits per heavy atom. The minimum absolute atomic E-state index is 0.707. The average Bonchev–Trinajstić information content (AvgIpc) is 2.16. The monoisotopic (exact) mass is 224 g/mol. The molecule has 2 rings (SSSR count). The van der Waals surface area contributed by atoms with Crippen molar-refractivity contribution in [1.29, 1.82) is 0 Å². The van der Waals surface area contributed by atoms with Gasteiger partial charge in [-0.2, -0.15) is 0 Å². The Morgan fingerprint density at radius 1 is 1.47 bits per heavy atom. The predicted molar refractivity (Wildman–Crippen MR) is 64.0 cm³/mol. The molecule has 1 aliphatic rings. The van der Waals surface area contributed by atoms with E-state index in [0.29, 0.717) is 5.92 Å². The molecule has 1 aromatic rings. The van der Waals surface area contributed by atoms with Crippen LogP contribution in [0.25, 0.3) is 0 Å². The van der Waals surface area contributed by atoms with Crippen LogP contribution in [0.2, 0.25) is 5.02 Å². The number of nitrogens with two attached hydrogens (primary N) is 1. The zero-order valence-corrected chi connectivity index (χ0v) is 9.80. The molecule has 2 N–H and O–H groups in total. The van der Waals surface area contributed by atoms with Crippen LogP contribution in [0.5, 0.6) is 0 Å². The first kappa shape index (κ1) is 10.9. The van der Waals surface area contributed by atoms with Crippen molar-refractivity contribution < 1.29 is 0 Å². The molecule has 0 bridgehead atoms. The van der Waals surface area contributed by atoms with E-state index in [2.05, 4.69) is 17.0 Å². The van der Waals surface area contributed by atoms with Gasteiger partial charge in [-0.05, 0) is 36.6 Å². The third kappa shape index (κ3) is 2.51. The minimum Gasteiger partial charge on any atom is -0.330 e. The van der Waals surface area contributed by atoms with Crippen LogP contribution in [-0.4, -0.2) is 24.5 Å². The molecule has 0 amide bonds. The van der Waals surface area contributed by atoms with Gasteiger partial charge in [0.25, 0.3) is 0 Å². The molecule has 1 aromatic carbocycles. The van der Waals surface area contributed by atoms with Crippen molar-refractivity contribution in [1.82, 2.24) is 4.90 Å². The summed E-state index contributed by atoms with van der Waals surface area (Å²) in [6, 6.07) is 6.25. The summed E-state index contributed by atoms with van der Waals surface area (Å²) in [5.74, 6) is 0.707. The number of hydrogen-bond acceptors (Lipinski definition) is 2. The summed E-state index contributed by atoms with van der Waals surface area (Å²) in [4.78, 5) is 2.42. The second-order valence-corrected chi connectivity index (χ2v) is 4.79. The fraction of sp³-hybridized carbons (Fsp3) is 0.500. The van der Waals surface area contributed by atoms with E-state index in [4.69, 9.17) is 17.3 Å². The predicted octanol–water partition coefficient (Wildman–Crippen LogP) is 2.04. The quantitative estimate of drug-likeness (QED) is 0.852. The summed E-state index contributed by atoms with van der Waals surface area (Å²) in [6.45, 7) is 6.16. The molecule has 0 radical (unpaired) electrons. The fourth-order valence-electron chi connectivity index (χ4n) is 2.02. The van der Waals surface area contributed by atoms with E-state index in [1.807, 2.05) is 13.0 Å². The molecule has 0 atom stereocenters. The maximum Gasteiger partial charge on any atom is 0.0435 e. The molecule has 0 saturated carbocycles. The normalized spacial score (nSPS) is 17.8. The number of aryl methyl sites for hydroxylation is 1. The maximum atomic E-state index is 5.98. The van der Waals surface area contributed by atoms with Crippen LogP contribution in [0.4, 0.5) is 0 Å². The molecule has 0 aromatic heterocycles. The van der Waals surface area contributed by atoms with Crippen LogP contribution < -0.4 is 5.73 Å². The van der Waals surface area contributed by atoms with Crippen LogP contribution in [0, 0.1) is 12.8 Å². The fourth-order valence-corrected chi connectivity index (χ4v) is 2.14. The number of hydrogen-bond donors (Lipinski definition) is 1.